The molecule has 1 aliphatic rings. The molecular formula is C12H18BrN3O4. The van der Waals surface area contributed by atoms with Gasteiger partial charge in [-0.15, -0.1) is 0 Å². The van der Waals surface area contributed by atoms with Crippen LogP contribution in [0, 0.1) is 0 Å². The average Bonchev–Trinajstić information content (AvgIpc) is 2.66. The highest BCUT2D eigenvalue weighted by Gasteiger charge is 2.43. The van der Waals surface area contributed by atoms with Crippen LogP contribution < -0.4 is 11.4 Å². The van der Waals surface area contributed by atoms with Crippen molar-refractivity contribution in [3.63, 3.8) is 0 Å². The van der Waals surface area contributed by atoms with E-state index >= 15 is 0 Å². The van der Waals surface area contributed by atoms with Gasteiger partial charge in [0.2, 0.25) is 0 Å². The second kappa shape index (κ2) is 5.80. The Morgan fingerprint density at radius 1 is 1.60 bits per heavy atom. The average molecular weight is 348 g/mol. The van der Waals surface area contributed by atoms with Gasteiger partial charge in [0.1, 0.15) is 11.9 Å². The van der Waals surface area contributed by atoms with Crippen LogP contribution in [0.25, 0.3) is 0 Å². The van der Waals surface area contributed by atoms with Crippen molar-refractivity contribution in [3.05, 3.63) is 22.2 Å². The molecular weight excluding hydrogens is 330 g/mol. The lowest BCUT2D eigenvalue weighted by molar-refractivity contribution is -0.0530. The molecule has 0 radical (unpaired) electrons. The highest BCUT2D eigenvalue weighted by molar-refractivity contribution is 9.09. The molecule has 1 aromatic rings. The molecule has 0 aromatic carbocycles. The SMILES string of the molecule is CC(C)c1cn([C@@H]2O[C@H](CO)[C@H](Br)[C@H]2O)c(=O)nc1N. The van der Waals surface area contributed by atoms with E-state index in [2.05, 4.69) is 20.9 Å². The van der Waals surface area contributed by atoms with Gasteiger partial charge in [-0.05, 0) is 5.92 Å². The predicted molar refractivity (Wildman–Crippen MR) is 76.7 cm³/mol. The maximum absolute atomic E-state index is 12.0. The van der Waals surface area contributed by atoms with Gasteiger partial charge >= 0.3 is 5.69 Å². The molecule has 1 saturated heterocycles. The molecule has 0 amide bonds. The van der Waals surface area contributed by atoms with Crippen LogP contribution in [0.5, 0.6) is 0 Å². The number of aromatic nitrogens is 2. The molecule has 0 unspecified atom stereocenters. The van der Waals surface area contributed by atoms with Crippen molar-refractivity contribution in [1.29, 1.82) is 0 Å². The Kier molecular flexibility index (Phi) is 4.48. The number of nitrogens with zero attached hydrogens (tertiary/aromatic N) is 2. The van der Waals surface area contributed by atoms with E-state index in [9.17, 15) is 15.0 Å². The van der Waals surface area contributed by atoms with E-state index in [1.807, 2.05) is 13.8 Å². The molecule has 7 nitrogen and oxygen atoms in total. The van der Waals surface area contributed by atoms with Crippen molar-refractivity contribution in [3.8, 4) is 0 Å². The highest BCUT2D eigenvalue weighted by atomic mass is 79.9. The Morgan fingerprint density at radius 3 is 2.75 bits per heavy atom. The molecule has 0 aliphatic carbocycles. The van der Waals surface area contributed by atoms with E-state index < -0.39 is 29.0 Å². The smallest absolute Gasteiger partial charge is 0.351 e. The summed E-state index contributed by atoms with van der Waals surface area (Å²) in [6.07, 6.45) is -0.880. The number of nitrogens with two attached hydrogens (primary N) is 1. The van der Waals surface area contributed by atoms with Crippen molar-refractivity contribution in [1.82, 2.24) is 9.55 Å². The summed E-state index contributed by atoms with van der Waals surface area (Å²) in [6, 6.07) is 0. The second-order valence-electron chi connectivity index (χ2n) is 5.11. The van der Waals surface area contributed by atoms with Crippen LogP contribution in [0.3, 0.4) is 0 Å². The number of hydrogen-bond donors (Lipinski definition) is 3. The predicted octanol–water partition coefficient (Wildman–Crippen LogP) is -0.0370. The molecule has 1 aliphatic heterocycles. The number of aliphatic hydroxyl groups excluding tert-OH is 2. The molecule has 2 rings (SSSR count). The number of rotatable bonds is 3. The molecule has 112 valence electrons. The fraction of sp³-hybridized carbons (Fsp3) is 0.667. The Labute approximate surface area is 124 Å². The summed E-state index contributed by atoms with van der Waals surface area (Å²) in [4.78, 5) is 15.3. The van der Waals surface area contributed by atoms with E-state index in [0.29, 0.717) is 5.56 Å². The van der Waals surface area contributed by atoms with Crippen LogP contribution in [-0.2, 0) is 4.74 Å². The molecule has 0 spiro atoms. The summed E-state index contributed by atoms with van der Waals surface area (Å²) in [5.74, 6) is 0.268. The summed E-state index contributed by atoms with van der Waals surface area (Å²) in [5.41, 5.74) is 5.85. The Hall–Kier alpha value is -0.960. The van der Waals surface area contributed by atoms with Crippen LogP contribution in [0.4, 0.5) is 5.82 Å². The Balaban J connectivity index is 2.43. The van der Waals surface area contributed by atoms with Crippen molar-refractivity contribution in [2.24, 2.45) is 0 Å². The zero-order valence-electron chi connectivity index (χ0n) is 11.2. The summed E-state index contributed by atoms with van der Waals surface area (Å²) in [7, 11) is 0. The third-order valence-corrected chi connectivity index (χ3v) is 4.51. The number of ether oxygens (including phenoxy) is 1. The minimum Gasteiger partial charge on any atom is -0.394 e. The molecule has 4 atom stereocenters. The van der Waals surface area contributed by atoms with Gasteiger partial charge in [0, 0.05) is 11.8 Å². The zero-order chi connectivity index (χ0) is 15.0. The summed E-state index contributed by atoms with van der Waals surface area (Å²) >= 11 is 3.26. The number of nitrogen functional groups attached to an aromatic ring is 1. The van der Waals surface area contributed by atoms with Crippen molar-refractivity contribution in [2.45, 2.75) is 43.0 Å². The van der Waals surface area contributed by atoms with Gasteiger partial charge in [0.25, 0.3) is 0 Å². The summed E-state index contributed by atoms with van der Waals surface area (Å²) in [6.45, 7) is 3.60. The van der Waals surface area contributed by atoms with Gasteiger partial charge in [0.05, 0.1) is 17.5 Å². The largest absolute Gasteiger partial charge is 0.394 e. The number of aliphatic hydroxyl groups is 2. The maximum Gasteiger partial charge on any atom is 0.351 e. The summed E-state index contributed by atoms with van der Waals surface area (Å²) in [5, 5.41) is 19.3. The van der Waals surface area contributed by atoms with E-state index in [-0.39, 0.29) is 18.3 Å². The molecule has 0 saturated carbocycles. The molecule has 8 heteroatoms. The van der Waals surface area contributed by atoms with Gasteiger partial charge < -0.3 is 20.7 Å². The lowest BCUT2D eigenvalue weighted by Crippen LogP contribution is -2.34. The first-order valence-corrected chi connectivity index (χ1v) is 7.25. The van der Waals surface area contributed by atoms with Gasteiger partial charge in [-0.25, -0.2) is 4.79 Å². The third-order valence-electron chi connectivity index (χ3n) is 3.37. The lowest BCUT2D eigenvalue weighted by Gasteiger charge is -2.19. The molecule has 20 heavy (non-hydrogen) atoms. The lowest BCUT2D eigenvalue weighted by atomic mass is 10.1. The first kappa shape index (κ1) is 15.4. The van der Waals surface area contributed by atoms with Crippen molar-refractivity contribution < 1.29 is 14.9 Å². The minimum absolute atomic E-state index is 0.0845. The van der Waals surface area contributed by atoms with E-state index in [0.717, 1.165) is 0 Å². The Morgan fingerprint density at radius 2 is 2.25 bits per heavy atom. The standard InChI is InChI=1S/C12H18BrN3O4/c1-5(2)6-3-16(12(19)15-10(6)14)11-9(18)8(13)7(4-17)20-11/h3,5,7-9,11,17-18H,4H2,1-2H3,(H2,14,15,19)/t7-,8+,9-,11-/m1/s1. The summed E-state index contributed by atoms with van der Waals surface area (Å²) < 4.78 is 6.73. The maximum atomic E-state index is 12.0. The van der Waals surface area contributed by atoms with Crippen LogP contribution in [0.2, 0.25) is 0 Å². The van der Waals surface area contributed by atoms with Gasteiger partial charge in [0.15, 0.2) is 6.23 Å². The van der Waals surface area contributed by atoms with Crippen LogP contribution >= 0.6 is 15.9 Å². The second-order valence-corrected chi connectivity index (χ2v) is 6.17. The number of alkyl halides is 1. The molecule has 1 aromatic heterocycles. The molecule has 0 bridgehead atoms. The minimum atomic E-state index is -0.963. The van der Waals surface area contributed by atoms with Crippen molar-refractivity contribution in [2.75, 3.05) is 12.3 Å². The van der Waals surface area contributed by atoms with Crippen LogP contribution in [-0.4, -0.2) is 43.4 Å². The van der Waals surface area contributed by atoms with Crippen LogP contribution in [0.15, 0.2) is 11.0 Å². The van der Waals surface area contributed by atoms with Crippen LogP contribution in [0.1, 0.15) is 31.6 Å². The molecule has 1 fully saturated rings. The number of hydrogen-bond acceptors (Lipinski definition) is 6. The fourth-order valence-corrected chi connectivity index (χ4v) is 2.76. The Bertz CT molecular complexity index is 548. The van der Waals surface area contributed by atoms with E-state index in [1.54, 1.807) is 6.20 Å². The number of halogens is 1. The normalized spacial score (nSPS) is 30.1. The first-order chi connectivity index (χ1) is 9.36. The van der Waals surface area contributed by atoms with E-state index in [1.165, 1.54) is 4.57 Å². The highest BCUT2D eigenvalue weighted by Crippen LogP contribution is 2.33. The van der Waals surface area contributed by atoms with Crippen molar-refractivity contribution >= 4 is 21.7 Å². The van der Waals surface area contributed by atoms with E-state index in [4.69, 9.17) is 10.5 Å². The van der Waals surface area contributed by atoms with Gasteiger partial charge in [-0.3, -0.25) is 4.57 Å². The zero-order valence-corrected chi connectivity index (χ0v) is 12.8. The van der Waals surface area contributed by atoms with Gasteiger partial charge in [-0.1, -0.05) is 29.8 Å². The van der Waals surface area contributed by atoms with Gasteiger partial charge in [-0.2, -0.15) is 4.98 Å². The third kappa shape index (κ3) is 2.60. The quantitative estimate of drug-likeness (QED) is 0.662. The molecule has 2 heterocycles. The fourth-order valence-electron chi connectivity index (χ4n) is 2.21. The first-order valence-electron chi connectivity index (χ1n) is 6.33. The molecule has 4 N–H and O–H groups in total. The topological polar surface area (TPSA) is 111 Å². The monoisotopic (exact) mass is 347 g/mol. The number of anilines is 1.